The van der Waals surface area contributed by atoms with Crippen LogP contribution in [0.1, 0.15) is 45.0 Å². The maximum absolute atomic E-state index is 12.9. The van der Waals surface area contributed by atoms with E-state index in [-0.39, 0.29) is 23.3 Å². The van der Waals surface area contributed by atoms with E-state index in [2.05, 4.69) is 35.2 Å². The average molecular weight is 449 g/mol. The predicted molar refractivity (Wildman–Crippen MR) is 109 cm³/mol. The van der Waals surface area contributed by atoms with Crippen LogP contribution in [0.2, 0.25) is 0 Å². The number of ether oxygens (including phenoxy) is 1. The van der Waals surface area contributed by atoms with Crippen molar-refractivity contribution in [2.45, 2.75) is 18.9 Å². The Morgan fingerprint density at radius 3 is 2.82 bits per heavy atom. The quantitative estimate of drug-likeness (QED) is 0.385. The summed E-state index contributed by atoms with van der Waals surface area (Å²) in [5, 5.41) is 15.9. The molecule has 0 N–H and O–H groups in total. The van der Waals surface area contributed by atoms with Crippen molar-refractivity contribution in [1.29, 1.82) is 0 Å². The van der Waals surface area contributed by atoms with Crippen molar-refractivity contribution in [2.24, 2.45) is 0 Å². The average Bonchev–Trinajstić information content (AvgIpc) is 3.64. The second-order valence-corrected chi connectivity index (χ2v) is 7.40. The smallest absolute Gasteiger partial charge is 0.360 e. The number of aromatic nitrogens is 8. The number of likely N-dealkylation sites (tertiary alicyclic amines) is 1. The molecule has 0 spiro atoms. The Morgan fingerprint density at radius 2 is 2.06 bits per heavy atom. The number of nitrogens with zero attached hydrogens (tertiary/aromatic N) is 9. The summed E-state index contributed by atoms with van der Waals surface area (Å²) in [5.74, 6) is -0.385. The molecule has 0 aliphatic carbocycles. The first-order valence-electron chi connectivity index (χ1n) is 10.2. The van der Waals surface area contributed by atoms with Gasteiger partial charge in [-0.3, -0.25) is 9.78 Å². The second kappa shape index (κ2) is 8.61. The summed E-state index contributed by atoms with van der Waals surface area (Å²) < 4.78 is 11.7. The van der Waals surface area contributed by atoms with E-state index in [1.807, 2.05) is 12.1 Å². The third-order valence-corrected chi connectivity index (χ3v) is 5.29. The van der Waals surface area contributed by atoms with Gasteiger partial charge in [-0.05, 0) is 18.6 Å². The first-order valence-corrected chi connectivity index (χ1v) is 10.2. The molecule has 13 nitrogen and oxygen atoms in total. The van der Waals surface area contributed by atoms with E-state index >= 15 is 0 Å². The van der Waals surface area contributed by atoms with Gasteiger partial charge in [0.1, 0.15) is 12.0 Å². The molecule has 1 fully saturated rings. The summed E-state index contributed by atoms with van der Waals surface area (Å²) in [7, 11) is 1.29. The highest BCUT2D eigenvalue weighted by Crippen LogP contribution is 2.23. The van der Waals surface area contributed by atoms with Crippen LogP contribution in [0, 0.1) is 0 Å². The Hall–Kier alpha value is -4.42. The van der Waals surface area contributed by atoms with Crippen molar-refractivity contribution in [3.8, 4) is 5.69 Å². The number of hydrogen-bond donors (Lipinski definition) is 0. The van der Waals surface area contributed by atoms with Gasteiger partial charge in [0, 0.05) is 18.8 Å². The zero-order chi connectivity index (χ0) is 22.8. The fourth-order valence-corrected chi connectivity index (χ4v) is 3.59. The van der Waals surface area contributed by atoms with Crippen molar-refractivity contribution in [3.05, 3.63) is 66.2 Å². The number of carbonyl (C=O) groups excluding carboxylic acids is 2. The molecular weight excluding hydrogens is 430 g/mol. The number of methoxy groups -OCH3 is 1. The zero-order valence-electron chi connectivity index (χ0n) is 17.6. The molecule has 5 rings (SSSR count). The Balaban J connectivity index is 1.20. The summed E-state index contributed by atoms with van der Waals surface area (Å²) in [5.41, 5.74) is 1.84. The number of rotatable bonds is 6. The summed E-state index contributed by atoms with van der Waals surface area (Å²) in [6, 6.07) is 3.59. The van der Waals surface area contributed by atoms with Crippen LogP contribution in [0.5, 0.6) is 0 Å². The topological polar surface area (TPSA) is 147 Å². The van der Waals surface area contributed by atoms with Gasteiger partial charge in [0.05, 0.1) is 44.4 Å². The largest absolute Gasteiger partial charge is 0.464 e. The summed E-state index contributed by atoms with van der Waals surface area (Å²) in [6.07, 6.45) is 8.75. The van der Waals surface area contributed by atoms with E-state index in [1.165, 1.54) is 24.4 Å². The molecule has 1 aliphatic heterocycles. The molecule has 0 bridgehead atoms. The van der Waals surface area contributed by atoms with Crippen LogP contribution in [0.3, 0.4) is 0 Å². The minimum Gasteiger partial charge on any atom is -0.464 e. The zero-order valence-corrected chi connectivity index (χ0v) is 17.6. The maximum Gasteiger partial charge on any atom is 0.360 e. The predicted octanol–water partition coefficient (Wildman–Crippen LogP) is 0.706. The van der Waals surface area contributed by atoms with Crippen LogP contribution in [0.4, 0.5) is 0 Å². The summed E-state index contributed by atoms with van der Waals surface area (Å²) >= 11 is 0. The van der Waals surface area contributed by atoms with Gasteiger partial charge in [-0.1, -0.05) is 5.21 Å². The van der Waals surface area contributed by atoms with Crippen LogP contribution in [-0.4, -0.2) is 76.9 Å². The lowest BCUT2D eigenvalue weighted by atomic mass is 10.2. The third-order valence-electron chi connectivity index (χ3n) is 5.29. The van der Waals surface area contributed by atoms with Crippen molar-refractivity contribution < 1.29 is 18.7 Å². The highest BCUT2D eigenvalue weighted by atomic mass is 16.5. The molecule has 4 aromatic rings. The van der Waals surface area contributed by atoms with Crippen LogP contribution >= 0.6 is 0 Å². The molecule has 1 saturated heterocycles. The molecule has 1 amide bonds. The first kappa shape index (κ1) is 20.5. The van der Waals surface area contributed by atoms with Gasteiger partial charge in [0.2, 0.25) is 5.89 Å². The van der Waals surface area contributed by atoms with E-state index in [1.54, 1.807) is 28.2 Å². The van der Waals surface area contributed by atoms with Gasteiger partial charge in [0.25, 0.3) is 5.91 Å². The molecule has 168 valence electrons. The van der Waals surface area contributed by atoms with Gasteiger partial charge >= 0.3 is 5.97 Å². The Bertz CT molecular complexity index is 1260. The maximum atomic E-state index is 12.9. The van der Waals surface area contributed by atoms with Crippen LogP contribution in [0.25, 0.3) is 5.69 Å². The summed E-state index contributed by atoms with van der Waals surface area (Å²) in [6.45, 7) is 0.957. The number of hydrogen-bond acceptors (Lipinski definition) is 10. The van der Waals surface area contributed by atoms with Gasteiger partial charge < -0.3 is 14.1 Å². The highest BCUT2D eigenvalue weighted by molar-refractivity contribution is 5.92. The highest BCUT2D eigenvalue weighted by Gasteiger charge is 2.31. The lowest BCUT2D eigenvalue weighted by Crippen LogP contribution is -2.29. The fraction of sp³-hybridized carbons (Fsp3) is 0.300. The van der Waals surface area contributed by atoms with Crippen molar-refractivity contribution in [1.82, 2.24) is 44.9 Å². The van der Waals surface area contributed by atoms with Gasteiger partial charge in [0.15, 0.2) is 11.4 Å². The first-order chi connectivity index (χ1) is 16.1. The molecule has 1 aliphatic rings. The van der Waals surface area contributed by atoms with Gasteiger partial charge in [-0.15, -0.1) is 5.10 Å². The van der Waals surface area contributed by atoms with E-state index in [9.17, 15) is 9.59 Å². The molecule has 0 saturated carbocycles. The molecule has 5 heterocycles. The number of oxazole rings is 1. The number of carbonyl (C=O) groups is 2. The molecule has 1 atom stereocenters. The minimum atomic E-state index is -0.551. The molecule has 0 radical (unpaired) electrons. The Morgan fingerprint density at radius 1 is 1.21 bits per heavy atom. The van der Waals surface area contributed by atoms with Crippen LogP contribution < -0.4 is 0 Å². The van der Waals surface area contributed by atoms with Crippen LogP contribution in [-0.2, 0) is 11.2 Å². The summed E-state index contributed by atoms with van der Waals surface area (Å²) in [4.78, 5) is 36.3. The second-order valence-electron chi connectivity index (χ2n) is 7.40. The number of esters is 1. The van der Waals surface area contributed by atoms with Crippen molar-refractivity contribution in [3.63, 3.8) is 0 Å². The monoisotopic (exact) mass is 449 g/mol. The lowest BCUT2D eigenvalue weighted by molar-refractivity contribution is 0.0593. The molecule has 33 heavy (non-hydrogen) atoms. The Kier molecular flexibility index (Phi) is 5.34. The van der Waals surface area contributed by atoms with E-state index in [0.29, 0.717) is 31.8 Å². The van der Waals surface area contributed by atoms with E-state index in [0.717, 1.165) is 11.4 Å². The number of pyridine rings is 1. The lowest BCUT2D eigenvalue weighted by Gasteiger charge is -2.14. The minimum absolute atomic E-state index is 0.0850. The fourth-order valence-electron chi connectivity index (χ4n) is 3.59. The molecule has 13 heteroatoms. The van der Waals surface area contributed by atoms with Crippen LogP contribution in [0.15, 0.2) is 47.6 Å². The van der Waals surface area contributed by atoms with E-state index in [4.69, 9.17) is 4.42 Å². The molecule has 0 aromatic carbocycles. The van der Waals surface area contributed by atoms with Crippen molar-refractivity contribution in [2.75, 3.05) is 20.2 Å². The molecule has 4 aromatic heterocycles. The standard InChI is InChI=1S/C20H19N9O4/c1-32-20(31)16-11-28(26-25-16)15-4-7-27(10-15)19(30)17-12-33-18(24-17)8-13-2-3-14(9-21-13)29-22-5-6-23-29/h2-3,5-6,9,11-12,15H,4,7-8,10H2,1H3. The third kappa shape index (κ3) is 4.20. The molecular formula is C20H19N9O4. The SMILES string of the molecule is COC(=O)c1cn(C2CCN(C(=O)c3coc(Cc4ccc(-n5nccn5)cn4)n3)C2)nn1. The van der Waals surface area contributed by atoms with Gasteiger partial charge in [-0.25, -0.2) is 14.5 Å². The van der Waals surface area contributed by atoms with Crippen molar-refractivity contribution >= 4 is 11.9 Å². The number of amides is 1. The molecule has 1 unspecified atom stereocenters. The normalized spacial score (nSPS) is 15.7. The van der Waals surface area contributed by atoms with Gasteiger partial charge in [-0.2, -0.15) is 15.0 Å². The van der Waals surface area contributed by atoms with E-state index < -0.39 is 5.97 Å². The Labute approximate surface area is 187 Å².